The van der Waals surface area contributed by atoms with Gasteiger partial charge in [-0.25, -0.2) is 4.68 Å². The molecule has 0 spiro atoms. The monoisotopic (exact) mass is 430 g/mol. The van der Waals surface area contributed by atoms with Crippen LogP contribution in [0.5, 0.6) is 0 Å². The van der Waals surface area contributed by atoms with E-state index in [1.165, 1.54) is 0 Å². The molecule has 0 fully saturated rings. The molecule has 0 saturated heterocycles. The maximum atomic E-state index is 12.8. The van der Waals surface area contributed by atoms with Gasteiger partial charge in [0, 0.05) is 0 Å². The van der Waals surface area contributed by atoms with E-state index < -0.39 is 32.5 Å². The number of carbonyl (C=O) groups is 1. The Morgan fingerprint density at radius 2 is 1.84 bits per heavy atom. The average Bonchev–Trinajstić information content (AvgIpc) is 2.88. The van der Waals surface area contributed by atoms with Crippen LogP contribution < -0.4 is 5.32 Å². The van der Waals surface area contributed by atoms with Crippen LogP contribution in [0.1, 0.15) is 11.1 Å². The van der Waals surface area contributed by atoms with E-state index in [1.54, 1.807) is 6.07 Å². The Labute approximate surface area is 158 Å². The molecule has 0 atom stereocenters. The smallest absolute Gasteiger partial charge is 0.307 e. The van der Waals surface area contributed by atoms with Crippen LogP contribution in [0.2, 0.25) is 10.0 Å². The van der Waals surface area contributed by atoms with Crippen LogP contribution in [-0.4, -0.2) is 20.5 Å². The van der Waals surface area contributed by atoms with Crippen molar-refractivity contribution in [2.45, 2.75) is 11.0 Å². The molecule has 12 heteroatoms. The molecule has 0 aliphatic carbocycles. The molecular formula is C13H5Cl4F3N4O. The highest BCUT2D eigenvalue weighted by Crippen LogP contribution is 2.38. The molecule has 2 aromatic rings. The number of nitrogens with one attached hydrogen (secondary N) is 1. The third kappa shape index (κ3) is 4.12. The molecule has 0 bridgehead atoms. The molecule has 1 amide bonds. The van der Waals surface area contributed by atoms with Crippen LogP contribution in [0.3, 0.4) is 0 Å². The number of hydrogen-bond acceptors (Lipinski definition) is 3. The molecule has 0 radical (unpaired) electrons. The van der Waals surface area contributed by atoms with Gasteiger partial charge in [-0.15, -0.1) is 0 Å². The molecule has 0 aliphatic heterocycles. The van der Waals surface area contributed by atoms with Crippen LogP contribution in [-0.2, 0) is 11.0 Å². The normalized spacial score (nSPS) is 11.5. The molecule has 0 aliphatic rings. The van der Waals surface area contributed by atoms with Crippen molar-refractivity contribution in [2.24, 2.45) is 0 Å². The molecular weight excluding hydrogens is 427 g/mol. The van der Waals surface area contributed by atoms with E-state index in [9.17, 15) is 18.0 Å². The maximum Gasteiger partial charge on any atom is 0.416 e. The Morgan fingerprint density at radius 3 is 2.28 bits per heavy atom. The van der Waals surface area contributed by atoms with E-state index in [0.717, 1.165) is 10.9 Å². The van der Waals surface area contributed by atoms with Crippen LogP contribution in [0, 0.1) is 11.3 Å². The van der Waals surface area contributed by atoms with Crippen molar-refractivity contribution in [2.75, 3.05) is 5.32 Å². The molecule has 132 valence electrons. The fourth-order valence-corrected chi connectivity index (χ4v) is 2.58. The van der Waals surface area contributed by atoms with Gasteiger partial charge in [0.25, 0.3) is 5.91 Å². The average molecular weight is 432 g/mol. The zero-order valence-electron chi connectivity index (χ0n) is 11.7. The quantitative estimate of drug-likeness (QED) is 0.708. The van der Waals surface area contributed by atoms with Crippen molar-refractivity contribution in [1.29, 1.82) is 5.26 Å². The number of alkyl halides is 5. The number of nitriles is 1. The van der Waals surface area contributed by atoms with Gasteiger partial charge in [0.15, 0.2) is 10.7 Å². The summed E-state index contributed by atoms with van der Waals surface area (Å²) in [5.74, 6) is -1.07. The molecule has 1 heterocycles. The fourth-order valence-electron chi connectivity index (χ4n) is 1.82. The molecule has 0 unspecified atom stereocenters. The van der Waals surface area contributed by atoms with E-state index in [1.807, 2.05) is 0 Å². The van der Waals surface area contributed by atoms with Gasteiger partial charge in [-0.05, 0) is 12.1 Å². The molecule has 1 aromatic heterocycles. The van der Waals surface area contributed by atoms with E-state index in [2.05, 4.69) is 10.4 Å². The summed E-state index contributed by atoms with van der Waals surface area (Å²) < 4.78 is 39.3. The third-order valence-electron chi connectivity index (χ3n) is 2.89. The number of carbonyl (C=O) groups excluding carboxylic acids is 1. The highest BCUT2D eigenvalue weighted by Gasteiger charge is 2.32. The highest BCUT2D eigenvalue weighted by molar-refractivity contribution is 6.54. The molecule has 2 rings (SSSR count). The standard InChI is InChI=1S/C13H5Cl4F3N4O/c14-7-1-6(13(18,19)20)2-8(15)9(7)24-11(5(3-21)4-22-24)23-12(25)10(16)17/h1-2,4,10H,(H,23,25). The molecule has 1 N–H and O–H groups in total. The van der Waals surface area contributed by atoms with Gasteiger partial charge in [-0.3, -0.25) is 4.79 Å². The second-order valence-electron chi connectivity index (χ2n) is 4.51. The third-order valence-corrected chi connectivity index (χ3v) is 3.86. The van der Waals surface area contributed by atoms with E-state index in [-0.39, 0.29) is 17.1 Å². The van der Waals surface area contributed by atoms with Crippen molar-refractivity contribution >= 4 is 58.1 Å². The predicted molar refractivity (Wildman–Crippen MR) is 87.4 cm³/mol. The van der Waals surface area contributed by atoms with Crippen LogP contribution >= 0.6 is 46.4 Å². The lowest BCUT2D eigenvalue weighted by Crippen LogP contribution is -2.21. The topological polar surface area (TPSA) is 70.7 Å². The van der Waals surface area contributed by atoms with Gasteiger partial charge in [0.2, 0.25) is 0 Å². The number of nitrogens with zero attached hydrogens (tertiary/aromatic N) is 3. The zero-order valence-corrected chi connectivity index (χ0v) is 14.7. The summed E-state index contributed by atoms with van der Waals surface area (Å²) in [4.78, 5) is 10.2. The van der Waals surface area contributed by atoms with Gasteiger partial charge in [-0.2, -0.15) is 23.5 Å². The van der Waals surface area contributed by atoms with E-state index in [4.69, 9.17) is 51.7 Å². The number of hydrogen-bond donors (Lipinski definition) is 1. The van der Waals surface area contributed by atoms with Gasteiger partial charge < -0.3 is 5.32 Å². The largest absolute Gasteiger partial charge is 0.416 e. The second kappa shape index (κ2) is 7.30. The summed E-state index contributed by atoms with van der Waals surface area (Å²) in [5.41, 5.74) is -1.32. The minimum Gasteiger partial charge on any atom is -0.307 e. The summed E-state index contributed by atoms with van der Waals surface area (Å²) in [7, 11) is 0. The van der Waals surface area contributed by atoms with Crippen molar-refractivity contribution in [3.05, 3.63) is 39.5 Å². The SMILES string of the molecule is N#Cc1cnn(-c2c(Cl)cc(C(F)(F)F)cc2Cl)c1NC(=O)C(Cl)Cl. The van der Waals surface area contributed by atoms with Gasteiger partial charge in [0.05, 0.1) is 21.8 Å². The minimum absolute atomic E-state index is 0.102. The summed E-state index contributed by atoms with van der Waals surface area (Å²) in [6.07, 6.45) is -3.59. The van der Waals surface area contributed by atoms with Gasteiger partial charge >= 0.3 is 6.18 Å². The van der Waals surface area contributed by atoms with E-state index in [0.29, 0.717) is 12.1 Å². The lowest BCUT2D eigenvalue weighted by atomic mass is 10.2. The van der Waals surface area contributed by atoms with Crippen molar-refractivity contribution < 1.29 is 18.0 Å². The number of halogens is 7. The summed E-state index contributed by atoms with van der Waals surface area (Å²) in [5, 5.41) is 14.4. The number of amides is 1. The van der Waals surface area contributed by atoms with Crippen molar-refractivity contribution in [3.63, 3.8) is 0 Å². The molecule has 0 saturated carbocycles. The highest BCUT2D eigenvalue weighted by atomic mass is 35.5. The second-order valence-corrected chi connectivity index (χ2v) is 6.42. The van der Waals surface area contributed by atoms with Crippen LogP contribution in [0.25, 0.3) is 5.69 Å². The van der Waals surface area contributed by atoms with Crippen LogP contribution in [0.15, 0.2) is 18.3 Å². The number of anilines is 1. The molecule has 5 nitrogen and oxygen atoms in total. The Balaban J connectivity index is 2.62. The Bertz CT molecular complexity index is 850. The first-order valence-electron chi connectivity index (χ1n) is 6.20. The van der Waals surface area contributed by atoms with Crippen molar-refractivity contribution in [3.8, 4) is 11.8 Å². The summed E-state index contributed by atoms with van der Waals surface area (Å²) in [6.45, 7) is 0. The minimum atomic E-state index is -4.66. The number of aromatic nitrogens is 2. The Morgan fingerprint density at radius 1 is 1.28 bits per heavy atom. The first kappa shape index (κ1) is 19.7. The Kier molecular flexibility index (Phi) is 5.74. The van der Waals surface area contributed by atoms with E-state index >= 15 is 0 Å². The van der Waals surface area contributed by atoms with Gasteiger partial charge in [-0.1, -0.05) is 46.4 Å². The predicted octanol–water partition coefficient (Wildman–Crippen LogP) is 4.81. The first-order chi connectivity index (χ1) is 11.6. The summed E-state index contributed by atoms with van der Waals surface area (Å²) >= 11 is 22.7. The van der Waals surface area contributed by atoms with Gasteiger partial charge in [0.1, 0.15) is 17.3 Å². The summed E-state index contributed by atoms with van der Waals surface area (Å²) in [6, 6.07) is 3.05. The number of rotatable bonds is 3. The van der Waals surface area contributed by atoms with Crippen molar-refractivity contribution in [1.82, 2.24) is 9.78 Å². The fraction of sp³-hybridized carbons (Fsp3) is 0.154. The lowest BCUT2D eigenvalue weighted by Gasteiger charge is -2.15. The maximum absolute atomic E-state index is 12.8. The Hall–Kier alpha value is -1.66. The number of benzene rings is 1. The zero-order chi connectivity index (χ0) is 18.9. The van der Waals surface area contributed by atoms with Crippen LogP contribution in [0.4, 0.5) is 19.0 Å². The molecule has 25 heavy (non-hydrogen) atoms. The lowest BCUT2D eigenvalue weighted by molar-refractivity contribution is -0.137. The molecule has 1 aromatic carbocycles. The first-order valence-corrected chi connectivity index (χ1v) is 7.83.